The Labute approximate surface area is 94.7 Å². The molecule has 78 valence electrons. The highest BCUT2D eigenvalue weighted by molar-refractivity contribution is 6.30. The first-order valence-corrected chi connectivity index (χ1v) is 4.79. The van der Waals surface area contributed by atoms with Gasteiger partial charge in [-0.25, -0.2) is 0 Å². The van der Waals surface area contributed by atoms with E-state index in [1.165, 1.54) is 0 Å². The highest BCUT2D eigenvalue weighted by Gasteiger charge is 2.26. The summed E-state index contributed by atoms with van der Waals surface area (Å²) < 4.78 is 0. The van der Waals surface area contributed by atoms with Gasteiger partial charge in [-0.1, -0.05) is 23.7 Å². The second kappa shape index (κ2) is 4.99. The topological polar surface area (TPSA) is 32.3 Å². The van der Waals surface area contributed by atoms with E-state index in [4.69, 9.17) is 11.6 Å². The summed E-state index contributed by atoms with van der Waals surface area (Å²) in [5, 5.41) is 13.7. The molecule has 0 aliphatic carbocycles. The second-order valence-electron chi connectivity index (χ2n) is 3.41. The van der Waals surface area contributed by atoms with Crippen LogP contribution in [0.25, 0.3) is 0 Å². The molecular weight excluding hydrogens is 221 g/mol. The lowest BCUT2D eigenvalue weighted by Gasteiger charge is -2.31. The smallest absolute Gasteiger partial charge is 0.0842 e. The van der Waals surface area contributed by atoms with E-state index >= 15 is 0 Å². The summed E-state index contributed by atoms with van der Waals surface area (Å²) in [6.45, 7) is 1.81. The van der Waals surface area contributed by atoms with Gasteiger partial charge in [-0.2, -0.15) is 0 Å². The van der Waals surface area contributed by atoms with Gasteiger partial charge in [0.05, 0.1) is 6.10 Å². The van der Waals surface area contributed by atoms with Crippen LogP contribution >= 0.6 is 24.0 Å². The number of halogens is 2. The van der Waals surface area contributed by atoms with E-state index in [9.17, 15) is 5.11 Å². The van der Waals surface area contributed by atoms with Crippen LogP contribution in [0.15, 0.2) is 24.3 Å². The minimum atomic E-state index is -0.349. The number of aliphatic hydroxyl groups excluding tert-OH is 1. The molecule has 1 heterocycles. The maximum atomic E-state index is 9.85. The lowest BCUT2D eigenvalue weighted by molar-refractivity contribution is 0.0767. The van der Waals surface area contributed by atoms with Gasteiger partial charge < -0.3 is 10.4 Å². The maximum absolute atomic E-state index is 9.85. The zero-order valence-corrected chi connectivity index (χ0v) is 9.18. The predicted octanol–water partition coefficient (Wildman–Crippen LogP) is 2.01. The van der Waals surface area contributed by atoms with Gasteiger partial charge >= 0.3 is 0 Å². The molecule has 2 rings (SSSR count). The highest BCUT2D eigenvalue weighted by Crippen LogP contribution is 2.25. The Morgan fingerprint density at radius 2 is 1.86 bits per heavy atom. The van der Waals surface area contributed by atoms with Gasteiger partial charge in [0, 0.05) is 24.0 Å². The fraction of sp³-hybridized carbons (Fsp3) is 0.400. The molecule has 0 bridgehead atoms. The Morgan fingerprint density at radius 3 is 2.29 bits per heavy atom. The van der Waals surface area contributed by atoms with Crippen molar-refractivity contribution in [3.8, 4) is 0 Å². The van der Waals surface area contributed by atoms with Gasteiger partial charge in [0.15, 0.2) is 0 Å². The molecule has 4 heteroatoms. The minimum Gasteiger partial charge on any atom is -0.388 e. The first-order chi connectivity index (χ1) is 6.27. The molecule has 2 nitrogen and oxygen atoms in total. The normalized spacial score (nSPS) is 18.1. The van der Waals surface area contributed by atoms with Crippen LogP contribution in [0.2, 0.25) is 5.02 Å². The van der Waals surface area contributed by atoms with E-state index in [0.29, 0.717) is 10.9 Å². The summed E-state index contributed by atoms with van der Waals surface area (Å²) in [5.74, 6) is 0.362. The number of hydrogen-bond donors (Lipinski definition) is 2. The number of rotatable bonds is 2. The predicted molar refractivity (Wildman–Crippen MR) is 60.0 cm³/mol. The van der Waals surface area contributed by atoms with Crippen molar-refractivity contribution in [1.29, 1.82) is 0 Å². The zero-order chi connectivity index (χ0) is 9.26. The Balaban J connectivity index is 0.000000980. The van der Waals surface area contributed by atoms with Gasteiger partial charge in [0.25, 0.3) is 0 Å². The number of nitrogens with one attached hydrogen (secondary N) is 1. The standard InChI is InChI=1S/C10H12ClNO.ClH/c11-9-3-1-7(2-4-9)10(13)8-5-12-6-8;/h1-4,8,10,12-13H,5-6H2;1H/t10-;/m0./s1. The Kier molecular flexibility index (Phi) is 4.20. The molecule has 0 amide bonds. The van der Waals surface area contributed by atoms with Gasteiger partial charge in [-0.15, -0.1) is 12.4 Å². The fourth-order valence-electron chi connectivity index (χ4n) is 1.47. The summed E-state index contributed by atoms with van der Waals surface area (Å²) in [6, 6.07) is 7.38. The van der Waals surface area contributed by atoms with Crippen molar-refractivity contribution >= 4 is 24.0 Å². The summed E-state index contributed by atoms with van der Waals surface area (Å²) in [6.07, 6.45) is -0.349. The van der Waals surface area contributed by atoms with Gasteiger partial charge in [-0.3, -0.25) is 0 Å². The summed E-state index contributed by atoms with van der Waals surface area (Å²) in [5.41, 5.74) is 0.955. The third kappa shape index (κ3) is 2.39. The van der Waals surface area contributed by atoms with Crippen LogP contribution in [0.4, 0.5) is 0 Å². The molecule has 1 atom stereocenters. The van der Waals surface area contributed by atoms with Crippen LogP contribution in [0.1, 0.15) is 11.7 Å². The number of benzene rings is 1. The first-order valence-electron chi connectivity index (χ1n) is 4.41. The third-order valence-electron chi connectivity index (χ3n) is 2.47. The monoisotopic (exact) mass is 233 g/mol. The summed E-state index contributed by atoms with van der Waals surface area (Å²) >= 11 is 5.75. The molecule has 1 aliphatic rings. The van der Waals surface area contributed by atoms with Crippen molar-refractivity contribution in [2.45, 2.75) is 6.10 Å². The van der Waals surface area contributed by atoms with Crippen LogP contribution in [-0.4, -0.2) is 18.2 Å². The number of aliphatic hydroxyl groups is 1. The molecule has 0 saturated carbocycles. The average Bonchev–Trinajstić information content (AvgIpc) is 2.02. The lowest BCUT2D eigenvalue weighted by atomic mass is 9.91. The van der Waals surface area contributed by atoms with E-state index in [1.54, 1.807) is 0 Å². The quantitative estimate of drug-likeness (QED) is 0.820. The molecule has 0 spiro atoms. The van der Waals surface area contributed by atoms with Gasteiger partial charge in [0.2, 0.25) is 0 Å². The van der Waals surface area contributed by atoms with Gasteiger partial charge in [-0.05, 0) is 17.7 Å². The Hall–Kier alpha value is -0.280. The molecule has 0 radical (unpaired) electrons. The van der Waals surface area contributed by atoms with E-state index in [2.05, 4.69) is 5.32 Å². The van der Waals surface area contributed by atoms with Crippen LogP contribution < -0.4 is 5.32 Å². The van der Waals surface area contributed by atoms with Crippen LogP contribution in [0, 0.1) is 5.92 Å². The second-order valence-corrected chi connectivity index (χ2v) is 3.85. The Morgan fingerprint density at radius 1 is 1.29 bits per heavy atom. The van der Waals surface area contributed by atoms with E-state index in [-0.39, 0.29) is 18.5 Å². The molecular formula is C10H13Cl2NO. The molecule has 14 heavy (non-hydrogen) atoms. The van der Waals surface area contributed by atoms with Crippen LogP contribution in [0.3, 0.4) is 0 Å². The highest BCUT2D eigenvalue weighted by atomic mass is 35.5. The summed E-state index contributed by atoms with van der Waals surface area (Å²) in [4.78, 5) is 0. The largest absolute Gasteiger partial charge is 0.388 e. The molecule has 1 fully saturated rings. The molecule has 1 aromatic carbocycles. The van der Waals surface area contributed by atoms with Crippen molar-refractivity contribution in [2.24, 2.45) is 5.92 Å². The molecule has 1 saturated heterocycles. The molecule has 0 unspecified atom stereocenters. The van der Waals surface area contributed by atoms with E-state index in [1.807, 2.05) is 24.3 Å². The van der Waals surface area contributed by atoms with E-state index in [0.717, 1.165) is 18.7 Å². The third-order valence-corrected chi connectivity index (χ3v) is 2.72. The first kappa shape index (κ1) is 11.8. The summed E-state index contributed by atoms with van der Waals surface area (Å²) in [7, 11) is 0. The Bertz CT molecular complexity index is 285. The molecule has 1 aliphatic heterocycles. The van der Waals surface area contributed by atoms with Crippen LogP contribution in [-0.2, 0) is 0 Å². The van der Waals surface area contributed by atoms with Crippen molar-refractivity contribution in [3.63, 3.8) is 0 Å². The van der Waals surface area contributed by atoms with Gasteiger partial charge in [0.1, 0.15) is 0 Å². The number of hydrogen-bond acceptors (Lipinski definition) is 2. The fourth-order valence-corrected chi connectivity index (χ4v) is 1.59. The van der Waals surface area contributed by atoms with Crippen molar-refractivity contribution < 1.29 is 5.11 Å². The SMILES string of the molecule is Cl.O[C@@H](c1ccc(Cl)cc1)C1CNC1. The van der Waals surface area contributed by atoms with Crippen molar-refractivity contribution in [2.75, 3.05) is 13.1 Å². The zero-order valence-electron chi connectivity index (χ0n) is 7.61. The van der Waals surface area contributed by atoms with E-state index < -0.39 is 0 Å². The average molecular weight is 234 g/mol. The minimum absolute atomic E-state index is 0. The lowest BCUT2D eigenvalue weighted by Crippen LogP contribution is -2.45. The molecule has 0 aromatic heterocycles. The van der Waals surface area contributed by atoms with Crippen molar-refractivity contribution in [1.82, 2.24) is 5.32 Å². The molecule has 1 aromatic rings. The van der Waals surface area contributed by atoms with Crippen LogP contribution in [0.5, 0.6) is 0 Å². The molecule has 2 N–H and O–H groups in total. The van der Waals surface area contributed by atoms with Crippen molar-refractivity contribution in [3.05, 3.63) is 34.9 Å². The maximum Gasteiger partial charge on any atom is 0.0842 e.